The van der Waals surface area contributed by atoms with Crippen LogP contribution in [0.2, 0.25) is 0 Å². The third-order valence-corrected chi connectivity index (χ3v) is 3.31. The molecule has 0 fully saturated rings. The van der Waals surface area contributed by atoms with Crippen molar-refractivity contribution < 1.29 is 29.3 Å². The second-order valence-electron chi connectivity index (χ2n) is 6.24. The lowest BCUT2D eigenvalue weighted by molar-refractivity contribution is -0.152. The van der Waals surface area contributed by atoms with E-state index in [0.717, 1.165) is 25.7 Å². The predicted molar refractivity (Wildman–Crippen MR) is 98.2 cm³/mol. The SMILES string of the molecule is CCCCCCOC(=O)C(C)O.CCCCCCOC(=O)CC(C)O. The number of ether oxygens (including phenoxy) is 2. The summed E-state index contributed by atoms with van der Waals surface area (Å²) >= 11 is 0. The van der Waals surface area contributed by atoms with E-state index in [2.05, 4.69) is 13.8 Å². The van der Waals surface area contributed by atoms with E-state index in [0.29, 0.717) is 13.2 Å². The van der Waals surface area contributed by atoms with Gasteiger partial charge < -0.3 is 19.7 Å². The van der Waals surface area contributed by atoms with Crippen LogP contribution in [0.5, 0.6) is 0 Å². The number of aliphatic hydroxyl groups is 2. The maximum atomic E-state index is 10.9. The van der Waals surface area contributed by atoms with Crippen LogP contribution >= 0.6 is 0 Å². The second-order valence-corrected chi connectivity index (χ2v) is 6.24. The van der Waals surface area contributed by atoms with Crippen molar-refractivity contribution in [2.45, 2.75) is 97.7 Å². The van der Waals surface area contributed by atoms with Crippen molar-refractivity contribution in [1.29, 1.82) is 0 Å². The molecule has 0 aromatic heterocycles. The van der Waals surface area contributed by atoms with E-state index in [9.17, 15) is 9.59 Å². The first-order valence-corrected chi connectivity index (χ1v) is 9.53. The molecule has 0 aliphatic rings. The molecule has 0 aliphatic heterocycles. The Bertz CT molecular complexity index is 315. The lowest BCUT2D eigenvalue weighted by Crippen LogP contribution is -2.19. The minimum absolute atomic E-state index is 0.105. The largest absolute Gasteiger partial charge is 0.466 e. The van der Waals surface area contributed by atoms with Crippen molar-refractivity contribution in [2.24, 2.45) is 0 Å². The van der Waals surface area contributed by atoms with Crippen molar-refractivity contribution in [1.82, 2.24) is 0 Å². The fourth-order valence-electron chi connectivity index (χ4n) is 1.84. The molecule has 2 N–H and O–H groups in total. The number of carbonyl (C=O) groups excluding carboxylic acids is 2. The van der Waals surface area contributed by atoms with Gasteiger partial charge in [-0.3, -0.25) is 4.79 Å². The highest BCUT2D eigenvalue weighted by Crippen LogP contribution is 2.01. The van der Waals surface area contributed by atoms with Gasteiger partial charge in [0.15, 0.2) is 0 Å². The van der Waals surface area contributed by atoms with Gasteiger partial charge in [-0.2, -0.15) is 0 Å². The summed E-state index contributed by atoms with van der Waals surface area (Å²) in [6, 6.07) is 0. The van der Waals surface area contributed by atoms with Crippen molar-refractivity contribution in [3.63, 3.8) is 0 Å². The molecule has 0 saturated heterocycles. The highest BCUT2D eigenvalue weighted by molar-refractivity contribution is 5.73. The molecule has 0 radical (unpaired) electrons. The molecule has 2 atom stereocenters. The van der Waals surface area contributed by atoms with Crippen LogP contribution in [0.3, 0.4) is 0 Å². The standard InChI is InChI=1S/C10H20O3.C9H18O3/c1-3-4-5-6-7-13-10(12)8-9(2)11;1-3-4-5-6-7-12-9(11)8(2)10/h9,11H,3-8H2,1-2H3;8,10H,3-7H2,1-2H3. The maximum Gasteiger partial charge on any atom is 0.334 e. The van der Waals surface area contributed by atoms with Crippen LogP contribution in [0.15, 0.2) is 0 Å². The lowest BCUT2D eigenvalue weighted by Gasteiger charge is -2.05. The molecule has 25 heavy (non-hydrogen) atoms. The topological polar surface area (TPSA) is 93.1 Å². The minimum Gasteiger partial charge on any atom is -0.466 e. The normalized spacial score (nSPS) is 12.6. The quantitative estimate of drug-likeness (QED) is 0.385. The monoisotopic (exact) mass is 362 g/mol. The highest BCUT2D eigenvalue weighted by Gasteiger charge is 2.08. The summed E-state index contributed by atoms with van der Waals surface area (Å²) in [6.45, 7) is 8.18. The smallest absolute Gasteiger partial charge is 0.334 e. The zero-order chi connectivity index (χ0) is 19.5. The Morgan fingerprint density at radius 3 is 1.68 bits per heavy atom. The van der Waals surface area contributed by atoms with Crippen LogP contribution in [-0.2, 0) is 19.1 Å². The van der Waals surface area contributed by atoms with Crippen LogP contribution in [0, 0.1) is 0 Å². The molecule has 0 bridgehead atoms. The summed E-state index contributed by atoms with van der Waals surface area (Å²) in [4.78, 5) is 21.6. The van der Waals surface area contributed by atoms with E-state index in [1.165, 1.54) is 32.6 Å². The molecule has 0 saturated carbocycles. The Balaban J connectivity index is 0. The molecule has 0 heterocycles. The van der Waals surface area contributed by atoms with Gasteiger partial charge in [0.05, 0.1) is 25.7 Å². The summed E-state index contributed by atoms with van der Waals surface area (Å²) in [5.41, 5.74) is 0. The van der Waals surface area contributed by atoms with Gasteiger partial charge in [0, 0.05) is 0 Å². The van der Waals surface area contributed by atoms with Gasteiger partial charge >= 0.3 is 11.9 Å². The van der Waals surface area contributed by atoms with Crippen molar-refractivity contribution >= 4 is 11.9 Å². The number of rotatable bonds is 13. The third-order valence-electron chi connectivity index (χ3n) is 3.31. The van der Waals surface area contributed by atoms with Gasteiger partial charge in [-0.25, -0.2) is 4.79 Å². The van der Waals surface area contributed by atoms with E-state index < -0.39 is 18.2 Å². The first-order valence-electron chi connectivity index (χ1n) is 9.53. The minimum atomic E-state index is -0.990. The molecular formula is C19H38O6. The number of carbonyl (C=O) groups is 2. The second kappa shape index (κ2) is 19.2. The molecule has 2 unspecified atom stereocenters. The lowest BCUT2D eigenvalue weighted by atomic mass is 10.2. The van der Waals surface area contributed by atoms with Crippen molar-refractivity contribution in [3.8, 4) is 0 Å². The zero-order valence-electron chi connectivity index (χ0n) is 16.5. The van der Waals surface area contributed by atoms with Gasteiger partial charge in [-0.05, 0) is 26.7 Å². The molecule has 0 aliphatic carbocycles. The molecule has 0 aromatic carbocycles. The van der Waals surface area contributed by atoms with Gasteiger partial charge in [0.25, 0.3) is 0 Å². The third kappa shape index (κ3) is 22.9. The van der Waals surface area contributed by atoms with Crippen molar-refractivity contribution in [2.75, 3.05) is 13.2 Å². The van der Waals surface area contributed by atoms with Gasteiger partial charge in [0.1, 0.15) is 6.10 Å². The van der Waals surface area contributed by atoms with E-state index >= 15 is 0 Å². The molecule has 150 valence electrons. The summed E-state index contributed by atoms with van der Waals surface area (Å²) in [5.74, 6) is -0.821. The molecular weight excluding hydrogens is 324 g/mol. The molecule has 0 spiro atoms. The number of hydrogen-bond donors (Lipinski definition) is 2. The van der Waals surface area contributed by atoms with E-state index in [4.69, 9.17) is 19.7 Å². The summed E-state index contributed by atoms with van der Waals surface area (Å²) < 4.78 is 9.66. The molecule has 0 rings (SSSR count). The first kappa shape index (κ1) is 26.1. The zero-order valence-corrected chi connectivity index (χ0v) is 16.5. The molecule has 0 amide bonds. The van der Waals surface area contributed by atoms with E-state index in [1.807, 2.05) is 0 Å². The Labute approximate surface area is 152 Å². The Morgan fingerprint density at radius 1 is 0.800 bits per heavy atom. The Hall–Kier alpha value is -1.14. The van der Waals surface area contributed by atoms with E-state index in [1.54, 1.807) is 6.92 Å². The molecule has 6 nitrogen and oxygen atoms in total. The summed E-state index contributed by atoms with van der Waals surface area (Å²) in [6.07, 6.45) is 7.26. The van der Waals surface area contributed by atoms with Crippen LogP contribution in [-0.4, -0.2) is 47.6 Å². The highest BCUT2D eigenvalue weighted by atomic mass is 16.5. The van der Waals surface area contributed by atoms with Crippen LogP contribution < -0.4 is 0 Å². The Morgan fingerprint density at radius 2 is 1.28 bits per heavy atom. The summed E-state index contributed by atoms with van der Waals surface area (Å²) in [7, 11) is 0. The number of unbranched alkanes of at least 4 members (excludes halogenated alkanes) is 6. The fraction of sp³-hybridized carbons (Fsp3) is 0.895. The van der Waals surface area contributed by atoms with Crippen molar-refractivity contribution in [3.05, 3.63) is 0 Å². The van der Waals surface area contributed by atoms with Crippen LogP contribution in [0.4, 0.5) is 0 Å². The molecule has 6 heteroatoms. The van der Waals surface area contributed by atoms with Gasteiger partial charge in [-0.15, -0.1) is 0 Å². The van der Waals surface area contributed by atoms with Gasteiger partial charge in [0.2, 0.25) is 0 Å². The summed E-state index contributed by atoms with van der Waals surface area (Å²) in [5, 5.41) is 17.6. The fourth-order valence-corrected chi connectivity index (χ4v) is 1.84. The van der Waals surface area contributed by atoms with Gasteiger partial charge in [-0.1, -0.05) is 52.4 Å². The average Bonchev–Trinajstić information content (AvgIpc) is 2.54. The number of esters is 2. The first-order chi connectivity index (χ1) is 11.8. The molecule has 0 aromatic rings. The number of aliphatic hydroxyl groups excluding tert-OH is 2. The number of hydrogen-bond acceptors (Lipinski definition) is 6. The van der Waals surface area contributed by atoms with Crippen LogP contribution in [0.25, 0.3) is 0 Å². The predicted octanol–water partition coefficient (Wildman–Crippen LogP) is 3.37. The Kier molecular flexibility index (Phi) is 20.0. The maximum absolute atomic E-state index is 10.9. The van der Waals surface area contributed by atoms with Crippen LogP contribution in [0.1, 0.15) is 85.5 Å². The van der Waals surface area contributed by atoms with E-state index in [-0.39, 0.29) is 12.4 Å². The average molecular weight is 363 g/mol.